The number of carbonyl (C=O) groups excluding carboxylic acids is 6. The first-order chi connectivity index (χ1) is 55.8. The van der Waals surface area contributed by atoms with Gasteiger partial charge in [-0.1, -0.05) is 63.1 Å². The van der Waals surface area contributed by atoms with Crippen LogP contribution in [0, 0.1) is 55.4 Å². The van der Waals surface area contributed by atoms with Gasteiger partial charge in [-0.3, -0.25) is 48.5 Å². The van der Waals surface area contributed by atoms with Gasteiger partial charge in [-0.05, 0) is 210 Å². The summed E-state index contributed by atoms with van der Waals surface area (Å²) in [7, 11) is 2.35. The fourth-order valence-corrected chi connectivity index (χ4v) is 18.6. The first-order valence-electron chi connectivity index (χ1n) is 38.8. The number of ether oxygens (including phenoxy) is 6. The molecule has 11 aromatic rings. The number of amides is 6. The van der Waals surface area contributed by atoms with E-state index in [1.807, 2.05) is 154 Å². The van der Waals surface area contributed by atoms with Crippen molar-refractivity contribution in [1.82, 2.24) is 29.6 Å². The molecule has 0 fully saturated rings. The fourth-order valence-electron chi connectivity index (χ4n) is 16.1. The third kappa shape index (κ3) is 16.8. The smallest absolute Gasteiger partial charge is 0.457 e. The predicted octanol–water partition coefficient (Wildman–Crippen LogP) is 16.6. The van der Waals surface area contributed by atoms with E-state index in [1.165, 1.54) is 52.5 Å². The Kier molecular flexibility index (Phi) is 25.3. The second-order valence-electron chi connectivity index (χ2n) is 29.8. The summed E-state index contributed by atoms with van der Waals surface area (Å²) in [5.74, 6) is -2.50. The Hall–Kier alpha value is -10.9. The van der Waals surface area contributed by atoms with E-state index in [9.17, 15) is 0 Å². The molecule has 0 saturated heterocycles. The highest BCUT2D eigenvalue weighted by Crippen LogP contribution is 2.58. The number of nitrogens with zero attached hydrogens (tertiary/aromatic N) is 6. The Labute approximate surface area is 677 Å². The summed E-state index contributed by atoms with van der Waals surface area (Å²) in [5.41, 5.74) is 7.88. The summed E-state index contributed by atoms with van der Waals surface area (Å²) >= 11 is 0. The highest BCUT2D eigenvalue weighted by atomic mass is 28.4. The first kappa shape index (κ1) is 83.1. The van der Waals surface area contributed by atoms with Crippen LogP contribution in [0.5, 0.6) is 46.0 Å². The number of pyridine rings is 2. The van der Waals surface area contributed by atoms with E-state index < -0.39 is 65.1 Å². The molecule has 13 rings (SSSR count). The molecule has 0 spiro atoms. The molecule has 2 aliphatic rings. The van der Waals surface area contributed by atoms with E-state index in [4.69, 9.17) is 55.0 Å². The molecule has 604 valence electrons. The van der Waals surface area contributed by atoms with Crippen LogP contribution in [0.25, 0.3) is 43.1 Å². The van der Waals surface area contributed by atoms with Crippen molar-refractivity contribution in [3.05, 3.63) is 224 Å². The predicted molar refractivity (Wildman–Crippen MR) is 445 cm³/mol. The molecule has 4 heterocycles. The Morgan fingerprint density at radius 1 is 0.371 bits per heavy atom. The first-order valence-corrected chi connectivity index (χ1v) is 42.7. The van der Waals surface area contributed by atoms with Gasteiger partial charge in [0.05, 0.1) is 59.9 Å². The van der Waals surface area contributed by atoms with Crippen LogP contribution in [-0.4, -0.2) is 176 Å². The molecule has 2 atom stereocenters. The van der Waals surface area contributed by atoms with Gasteiger partial charge in [-0.15, -0.1) is 0 Å². The highest BCUT2D eigenvalue weighted by Gasteiger charge is 2.48. The maximum absolute atomic E-state index is 16.8. The molecule has 0 saturated carbocycles. The number of imide groups is 2. The SMILES string of the molecule is CCCC(C(=O)N(CCOC[Si](OC)(OC)OC)Cc1ccccn1)N1C(=O)c2cc(Oc3cc(C)cc(C)c3)c3c4c(Oc5cc(C)cc(C)c5)cc5c6c(cc(Oc7cc(C)cc(C)c7)c(c7c(Oc8cc(C)cc(C)c8)cc(c2c37)C1=O)c64)C(=O)N(C(CCC)C(=O)N(CCOC[Si](OC)(OC)OC)Cc1ccccn1)C5=O. The number of benzene rings is 9. The Morgan fingerprint density at radius 3 is 0.871 bits per heavy atom. The van der Waals surface area contributed by atoms with Gasteiger partial charge in [-0.2, -0.15) is 0 Å². The average Bonchev–Trinajstić information content (AvgIpc) is 0.669. The molecule has 2 unspecified atom stereocenters. The topological polar surface area (TPSA) is 252 Å². The molecule has 2 aromatic heterocycles. The lowest BCUT2D eigenvalue weighted by Gasteiger charge is -2.37. The summed E-state index contributed by atoms with van der Waals surface area (Å²) in [6, 6.07) is 37.3. The molecular formula is C90H98N6O18Si2. The molecule has 0 bridgehead atoms. The van der Waals surface area contributed by atoms with Gasteiger partial charge in [0.15, 0.2) is 0 Å². The maximum Gasteiger partial charge on any atom is 0.527 e. The second-order valence-corrected chi connectivity index (χ2v) is 35.6. The lowest BCUT2D eigenvalue weighted by Crippen LogP contribution is -2.55. The normalized spacial score (nSPS) is 13.6. The number of rotatable bonds is 36. The van der Waals surface area contributed by atoms with Crippen LogP contribution < -0.4 is 18.9 Å². The third-order valence-corrected chi connectivity index (χ3v) is 26.0. The van der Waals surface area contributed by atoms with Crippen molar-refractivity contribution in [3.63, 3.8) is 0 Å². The van der Waals surface area contributed by atoms with E-state index in [1.54, 1.807) is 60.9 Å². The van der Waals surface area contributed by atoms with E-state index in [-0.39, 0.29) is 153 Å². The van der Waals surface area contributed by atoms with Gasteiger partial charge < -0.3 is 64.8 Å². The molecule has 0 N–H and O–H groups in total. The van der Waals surface area contributed by atoms with E-state index in [0.717, 1.165) is 54.3 Å². The van der Waals surface area contributed by atoms with Crippen LogP contribution in [0.4, 0.5) is 0 Å². The summed E-state index contributed by atoms with van der Waals surface area (Å²) < 4.78 is 76.0. The summed E-state index contributed by atoms with van der Waals surface area (Å²) in [6.45, 7) is 19.2. The molecular weight excluding hydrogens is 1510 g/mol. The fraction of sp³-hybridized carbons (Fsp3) is 0.333. The zero-order valence-electron chi connectivity index (χ0n) is 68.5. The zero-order chi connectivity index (χ0) is 82.6. The number of hydrogen-bond donors (Lipinski definition) is 0. The van der Waals surface area contributed by atoms with Crippen LogP contribution in [0.3, 0.4) is 0 Å². The van der Waals surface area contributed by atoms with Crippen LogP contribution in [0.15, 0.2) is 146 Å². The van der Waals surface area contributed by atoms with Crippen molar-refractivity contribution in [2.24, 2.45) is 0 Å². The largest absolute Gasteiger partial charge is 0.527 e. The molecule has 116 heavy (non-hydrogen) atoms. The van der Waals surface area contributed by atoms with E-state index in [2.05, 4.69) is 9.97 Å². The molecule has 24 nitrogen and oxygen atoms in total. The van der Waals surface area contributed by atoms with E-state index >= 15 is 28.8 Å². The van der Waals surface area contributed by atoms with Crippen LogP contribution in [0.1, 0.15) is 137 Å². The molecule has 0 aliphatic carbocycles. The third-order valence-electron chi connectivity index (χ3n) is 21.2. The van der Waals surface area contributed by atoms with Gasteiger partial charge in [0.2, 0.25) is 11.8 Å². The minimum absolute atomic E-state index is 0.000730. The molecule has 26 heteroatoms. The zero-order valence-corrected chi connectivity index (χ0v) is 70.5. The van der Waals surface area contributed by atoms with Crippen molar-refractivity contribution >= 4 is 96.1 Å². The maximum atomic E-state index is 16.8. The van der Waals surface area contributed by atoms with Crippen LogP contribution in [-0.2, 0) is 58.7 Å². The molecule has 9 aromatic carbocycles. The number of carbonyl (C=O) groups is 6. The number of fused-ring (bicyclic) bond motifs is 2. The molecule has 6 amide bonds. The number of aryl methyl sites for hydroxylation is 8. The van der Waals surface area contributed by atoms with Gasteiger partial charge in [0.1, 0.15) is 70.5 Å². The second kappa shape index (κ2) is 35.3. The highest BCUT2D eigenvalue weighted by molar-refractivity contribution is 6.61. The van der Waals surface area contributed by atoms with Crippen molar-refractivity contribution in [1.29, 1.82) is 0 Å². The van der Waals surface area contributed by atoms with Gasteiger partial charge >= 0.3 is 17.6 Å². The Balaban J connectivity index is 1.12. The van der Waals surface area contributed by atoms with Gasteiger partial charge in [0, 0.05) is 111 Å². The Bertz CT molecular complexity index is 4910. The summed E-state index contributed by atoms with van der Waals surface area (Å²) in [5, 5.41) is 2.05. The Morgan fingerprint density at radius 2 is 0.638 bits per heavy atom. The minimum atomic E-state index is -3.26. The van der Waals surface area contributed by atoms with Crippen molar-refractivity contribution in [3.8, 4) is 46.0 Å². The molecule has 0 radical (unpaired) electrons. The summed E-state index contributed by atoms with van der Waals surface area (Å²) in [6.07, 6.45) is 3.95. The number of hydrogen-bond acceptors (Lipinski definition) is 20. The summed E-state index contributed by atoms with van der Waals surface area (Å²) in [4.78, 5) is 114. The minimum Gasteiger partial charge on any atom is -0.457 e. The average molecular weight is 1610 g/mol. The number of aromatic nitrogens is 2. The standard InChI is InChI=1S/C90H98N6O18Si2/c1-17-23-71(89(101)93(49-61-25-19-21-27-91-61)29-31-109-51-115(103-11,104-12)105-13)95-85(97)67-45-73(111-63-37-53(3)33-54(4)38-63)79-81-75(113-65-41-57(7)35-58(8)42-65)47-69-78-70(88(100)96(87(69)99)72(24-18-2)90(102)94(50-62-26-20-22-28-92-62)30-32-110-52-116(106-14,107-15)108-16)48-76(114-66-43-59(9)36-60(10)44-66)82(84(78)81)80-74(46-68(86(95)98)77(67)83(79)80)112-64-39-55(5)34-56(6)40-64/h19-22,25-28,33-48,71-72H,17-18,23-24,29-32,49-52H2,1-16H3. The van der Waals surface area contributed by atoms with Crippen LogP contribution >= 0.6 is 0 Å². The van der Waals surface area contributed by atoms with Gasteiger partial charge in [-0.25, -0.2) is 0 Å². The van der Waals surface area contributed by atoms with Crippen molar-refractivity contribution in [2.45, 2.75) is 120 Å². The van der Waals surface area contributed by atoms with Crippen molar-refractivity contribution < 1.29 is 83.7 Å². The molecule has 2 aliphatic heterocycles. The van der Waals surface area contributed by atoms with Gasteiger partial charge in [0.25, 0.3) is 23.6 Å². The lowest BCUT2D eigenvalue weighted by atomic mass is 9.80. The lowest BCUT2D eigenvalue weighted by molar-refractivity contribution is -0.137. The van der Waals surface area contributed by atoms with Crippen LogP contribution in [0.2, 0.25) is 0 Å². The quantitative estimate of drug-likeness (QED) is 0.0116. The van der Waals surface area contributed by atoms with Crippen molar-refractivity contribution in [2.75, 3.05) is 81.4 Å². The monoisotopic (exact) mass is 1610 g/mol. The van der Waals surface area contributed by atoms with E-state index in [0.29, 0.717) is 47.2 Å².